The van der Waals surface area contributed by atoms with E-state index in [2.05, 4.69) is 31.3 Å². The van der Waals surface area contributed by atoms with E-state index in [1.165, 1.54) is 0 Å². The van der Waals surface area contributed by atoms with Gasteiger partial charge in [-0.25, -0.2) is 5.48 Å². The third kappa shape index (κ3) is 3.54. The van der Waals surface area contributed by atoms with Crippen LogP contribution in [0.4, 0.5) is 0 Å². The number of amides is 1. The highest BCUT2D eigenvalue weighted by Gasteiger charge is 2.24. The van der Waals surface area contributed by atoms with E-state index in [-0.39, 0.29) is 11.4 Å². The Morgan fingerprint density at radius 1 is 1.23 bits per heavy atom. The number of carbonyl (C=O) groups excluding carboxylic acids is 1. The third-order valence-corrected chi connectivity index (χ3v) is 3.40. The van der Waals surface area contributed by atoms with Gasteiger partial charge in [-0.05, 0) is 40.2 Å². The predicted molar refractivity (Wildman–Crippen MR) is 85.4 cm³/mol. The van der Waals surface area contributed by atoms with Gasteiger partial charge in [-0.15, -0.1) is 0 Å². The van der Waals surface area contributed by atoms with Crippen LogP contribution in [0.15, 0.2) is 30.3 Å². The fourth-order valence-corrected chi connectivity index (χ4v) is 2.43. The lowest BCUT2D eigenvalue weighted by molar-refractivity contribution is 0.0232. The fraction of sp³-hybridized carbons (Fsp3) is 0.412. The summed E-state index contributed by atoms with van der Waals surface area (Å²) in [5.74, 6) is -0.263. The lowest BCUT2D eigenvalue weighted by Crippen LogP contribution is -2.27. The summed E-state index contributed by atoms with van der Waals surface area (Å²) in [6, 6.07) is 9.70. The maximum Gasteiger partial charge on any atom is 0.278 e. The first-order chi connectivity index (χ1) is 10.3. The summed E-state index contributed by atoms with van der Waals surface area (Å²) in [4.78, 5) is 17.6. The van der Waals surface area contributed by atoms with E-state index in [9.17, 15) is 4.79 Å². The molecule has 1 amide bonds. The van der Waals surface area contributed by atoms with Crippen molar-refractivity contribution >= 4 is 5.91 Å². The monoisotopic (exact) mass is 301 g/mol. The smallest absolute Gasteiger partial charge is 0.269 e. The second-order valence-electron chi connectivity index (χ2n) is 6.33. The van der Waals surface area contributed by atoms with Crippen LogP contribution in [0.2, 0.25) is 0 Å². The van der Waals surface area contributed by atoms with Crippen molar-refractivity contribution in [2.24, 2.45) is 0 Å². The Bertz CT molecular complexity index is 655. The molecule has 0 unspecified atom stereocenters. The molecule has 0 bridgehead atoms. The van der Waals surface area contributed by atoms with Gasteiger partial charge in [-0.2, -0.15) is 5.10 Å². The van der Waals surface area contributed by atoms with E-state index in [1.807, 2.05) is 48.9 Å². The van der Waals surface area contributed by atoms with Crippen LogP contribution in [-0.2, 0) is 17.0 Å². The zero-order valence-corrected chi connectivity index (χ0v) is 13.8. The van der Waals surface area contributed by atoms with Gasteiger partial charge in [0.25, 0.3) is 5.91 Å². The van der Waals surface area contributed by atoms with E-state index in [0.29, 0.717) is 17.9 Å². The topological polar surface area (TPSA) is 56.2 Å². The molecule has 1 N–H and O–H groups in total. The summed E-state index contributed by atoms with van der Waals surface area (Å²) in [5, 5.41) is 4.47. The molecule has 118 valence electrons. The molecule has 5 heteroatoms. The van der Waals surface area contributed by atoms with Gasteiger partial charge in [0.15, 0.2) is 0 Å². The maximum atomic E-state index is 12.3. The molecule has 0 aliphatic carbocycles. The Hall–Kier alpha value is -2.14. The van der Waals surface area contributed by atoms with Crippen LogP contribution in [0.1, 0.15) is 48.1 Å². The highest BCUT2D eigenvalue weighted by molar-refractivity contribution is 5.95. The molecule has 0 aliphatic rings. The average molecular weight is 301 g/mol. The second-order valence-corrected chi connectivity index (χ2v) is 6.33. The van der Waals surface area contributed by atoms with E-state index in [1.54, 1.807) is 0 Å². The molecular weight excluding hydrogens is 278 g/mol. The Morgan fingerprint density at radius 3 is 2.41 bits per heavy atom. The first-order valence-electron chi connectivity index (χ1n) is 7.33. The van der Waals surface area contributed by atoms with E-state index in [0.717, 1.165) is 11.3 Å². The molecule has 0 radical (unpaired) electrons. The number of hydrogen-bond acceptors (Lipinski definition) is 3. The molecule has 0 atom stereocenters. The standard InChI is InChI=1S/C17H23N3O2/c1-12-15(13(2)20(18-12)17(3,4)5)16(21)19-22-11-14-9-7-6-8-10-14/h6-10H,11H2,1-5H3,(H,19,21). The van der Waals surface area contributed by atoms with E-state index in [4.69, 9.17) is 4.84 Å². The number of hydroxylamine groups is 1. The van der Waals surface area contributed by atoms with Crippen molar-refractivity contribution in [3.05, 3.63) is 52.8 Å². The summed E-state index contributed by atoms with van der Waals surface area (Å²) >= 11 is 0. The van der Waals surface area contributed by atoms with Gasteiger partial charge in [-0.1, -0.05) is 30.3 Å². The minimum atomic E-state index is -0.263. The van der Waals surface area contributed by atoms with Crippen molar-refractivity contribution in [1.82, 2.24) is 15.3 Å². The Morgan fingerprint density at radius 2 is 1.86 bits per heavy atom. The molecule has 22 heavy (non-hydrogen) atoms. The van der Waals surface area contributed by atoms with Crippen LogP contribution in [0, 0.1) is 13.8 Å². The van der Waals surface area contributed by atoms with E-state index >= 15 is 0 Å². The first-order valence-corrected chi connectivity index (χ1v) is 7.33. The number of nitrogens with one attached hydrogen (secondary N) is 1. The molecule has 1 heterocycles. The van der Waals surface area contributed by atoms with Crippen LogP contribution in [-0.4, -0.2) is 15.7 Å². The number of benzene rings is 1. The third-order valence-electron chi connectivity index (χ3n) is 3.40. The Kier molecular flexibility index (Phi) is 4.66. The van der Waals surface area contributed by atoms with Gasteiger partial charge >= 0.3 is 0 Å². The number of rotatable bonds is 4. The molecule has 2 rings (SSSR count). The van der Waals surface area contributed by atoms with Crippen molar-refractivity contribution in [2.75, 3.05) is 0 Å². The number of aromatic nitrogens is 2. The molecule has 1 aromatic heterocycles. The number of carbonyl (C=O) groups is 1. The predicted octanol–water partition coefficient (Wildman–Crippen LogP) is 3.12. The van der Waals surface area contributed by atoms with Crippen LogP contribution in [0.25, 0.3) is 0 Å². The molecule has 0 aliphatic heterocycles. The second kappa shape index (κ2) is 6.32. The summed E-state index contributed by atoms with van der Waals surface area (Å²) in [6.45, 7) is 10.2. The van der Waals surface area contributed by atoms with Crippen molar-refractivity contribution < 1.29 is 9.63 Å². The number of nitrogens with zero attached hydrogens (tertiary/aromatic N) is 2. The SMILES string of the molecule is Cc1nn(C(C)(C)C)c(C)c1C(=O)NOCc1ccccc1. The highest BCUT2D eigenvalue weighted by atomic mass is 16.6. The van der Waals surface area contributed by atoms with Crippen LogP contribution in [0.5, 0.6) is 0 Å². The molecule has 5 nitrogen and oxygen atoms in total. The maximum absolute atomic E-state index is 12.3. The average Bonchev–Trinajstić information content (AvgIpc) is 2.75. The fourth-order valence-electron chi connectivity index (χ4n) is 2.43. The van der Waals surface area contributed by atoms with Gasteiger partial charge in [0.1, 0.15) is 0 Å². The van der Waals surface area contributed by atoms with E-state index < -0.39 is 0 Å². The summed E-state index contributed by atoms with van der Waals surface area (Å²) in [5.41, 5.74) is 5.45. The molecule has 0 fully saturated rings. The van der Waals surface area contributed by atoms with Gasteiger partial charge in [-0.3, -0.25) is 14.3 Å². The summed E-state index contributed by atoms with van der Waals surface area (Å²) < 4.78 is 1.87. The van der Waals surface area contributed by atoms with Crippen molar-refractivity contribution in [1.29, 1.82) is 0 Å². The highest BCUT2D eigenvalue weighted by Crippen LogP contribution is 2.21. The number of aryl methyl sites for hydroxylation is 1. The normalized spacial score (nSPS) is 11.5. The quantitative estimate of drug-likeness (QED) is 0.883. The van der Waals surface area contributed by atoms with Gasteiger partial charge in [0.05, 0.1) is 23.4 Å². The molecular formula is C17H23N3O2. The largest absolute Gasteiger partial charge is 0.278 e. The molecule has 2 aromatic rings. The van der Waals surface area contributed by atoms with Crippen LogP contribution < -0.4 is 5.48 Å². The minimum absolute atomic E-state index is 0.168. The lowest BCUT2D eigenvalue weighted by atomic mass is 10.1. The molecule has 0 saturated carbocycles. The van der Waals surface area contributed by atoms with Crippen molar-refractivity contribution in [2.45, 2.75) is 46.8 Å². The van der Waals surface area contributed by atoms with Crippen LogP contribution in [0.3, 0.4) is 0 Å². The summed E-state index contributed by atoms with van der Waals surface area (Å²) in [7, 11) is 0. The van der Waals surface area contributed by atoms with Crippen molar-refractivity contribution in [3.63, 3.8) is 0 Å². The van der Waals surface area contributed by atoms with Crippen LogP contribution >= 0.6 is 0 Å². The van der Waals surface area contributed by atoms with Crippen molar-refractivity contribution in [3.8, 4) is 0 Å². The zero-order valence-electron chi connectivity index (χ0n) is 13.8. The Labute approximate surface area is 131 Å². The van der Waals surface area contributed by atoms with Gasteiger partial charge in [0.2, 0.25) is 0 Å². The minimum Gasteiger partial charge on any atom is -0.269 e. The molecule has 0 saturated heterocycles. The summed E-state index contributed by atoms with van der Waals surface area (Å²) in [6.07, 6.45) is 0. The molecule has 1 aromatic carbocycles. The first kappa shape index (κ1) is 16.2. The lowest BCUT2D eigenvalue weighted by Gasteiger charge is -2.21. The number of hydrogen-bond donors (Lipinski definition) is 1. The Balaban J connectivity index is 2.06. The van der Waals surface area contributed by atoms with Gasteiger partial charge in [0, 0.05) is 5.69 Å². The van der Waals surface area contributed by atoms with Gasteiger partial charge < -0.3 is 0 Å². The zero-order chi connectivity index (χ0) is 16.3. The molecule has 0 spiro atoms.